The van der Waals surface area contributed by atoms with Crippen LogP contribution in [0.5, 0.6) is 0 Å². The van der Waals surface area contributed by atoms with Crippen LogP contribution in [0.25, 0.3) is 11.0 Å². The molecule has 0 unspecified atom stereocenters. The summed E-state index contributed by atoms with van der Waals surface area (Å²) < 4.78 is 26.7. The van der Waals surface area contributed by atoms with E-state index in [0.29, 0.717) is 16.7 Å². The molecular weight excluding hydrogens is 308 g/mol. The quantitative estimate of drug-likeness (QED) is 0.606. The van der Waals surface area contributed by atoms with E-state index in [-0.39, 0.29) is 6.54 Å². The Hall–Kier alpha value is -1.90. The first-order chi connectivity index (χ1) is 10.1. The number of imidazole rings is 1. The molecule has 110 valence electrons. The molecule has 0 aliphatic rings. The Labute approximate surface area is 126 Å². The average molecular weight is 322 g/mol. The third-order valence-corrected chi connectivity index (χ3v) is 5.72. The van der Waals surface area contributed by atoms with Crippen molar-refractivity contribution in [3.8, 4) is 0 Å². The van der Waals surface area contributed by atoms with Crippen molar-refractivity contribution in [3.05, 3.63) is 41.8 Å². The van der Waals surface area contributed by atoms with Crippen molar-refractivity contribution in [1.82, 2.24) is 14.7 Å². The number of fused-ring (bicyclic) bond motifs is 1. The molecule has 3 aromatic rings. The number of nitrogens with zero attached hydrogens (tertiary/aromatic N) is 1. The van der Waals surface area contributed by atoms with Crippen molar-refractivity contribution in [1.29, 1.82) is 0 Å². The number of nitrogens with one attached hydrogen (secondary N) is 3. The minimum atomic E-state index is -3.40. The molecule has 2 aromatic heterocycles. The first kappa shape index (κ1) is 14.1. The van der Waals surface area contributed by atoms with Gasteiger partial charge in [-0.2, -0.15) is 0 Å². The van der Waals surface area contributed by atoms with Gasteiger partial charge in [0, 0.05) is 13.1 Å². The van der Waals surface area contributed by atoms with Crippen LogP contribution in [-0.4, -0.2) is 31.5 Å². The van der Waals surface area contributed by atoms with Gasteiger partial charge in [0.1, 0.15) is 4.21 Å². The molecule has 0 fully saturated rings. The summed E-state index contributed by atoms with van der Waals surface area (Å²) in [5.74, 6) is 0.631. The van der Waals surface area contributed by atoms with E-state index in [1.165, 1.54) is 11.3 Å². The van der Waals surface area contributed by atoms with Gasteiger partial charge in [-0.15, -0.1) is 11.3 Å². The van der Waals surface area contributed by atoms with Crippen molar-refractivity contribution < 1.29 is 8.42 Å². The highest BCUT2D eigenvalue weighted by atomic mass is 32.2. The van der Waals surface area contributed by atoms with Crippen LogP contribution in [0, 0.1) is 0 Å². The van der Waals surface area contributed by atoms with E-state index in [9.17, 15) is 8.42 Å². The summed E-state index contributed by atoms with van der Waals surface area (Å²) in [5, 5.41) is 4.80. The van der Waals surface area contributed by atoms with Crippen molar-refractivity contribution in [2.24, 2.45) is 0 Å². The van der Waals surface area contributed by atoms with Crippen LogP contribution in [0.3, 0.4) is 0 Å². The zero-order valence-corrected chi connectivity index (χ0v) is 12.7. The Bertz CT molecular complexity index is 792. The van der Waals surface area contributed by atoms with Gasteiger partial charge in [-0.25, -0.2) is 18.1 Å². The number of sulfonamides is 1. The van der Waals surface area contributed by atoms with E-state index in [1.807, 2.05) is 24.3 Å². The number of anilines is 1. The molecule has 0 bridgehead atoms. The predicted octanol–water partition coefficient (Wildman–Crippen LogP) is 2.01. The zero-order chi connectivity index (χ0) is 14.7. The van der Waals surface area contributed by atoms with E-state index in [4.69, 9.17) is 0 Å². The lowest BCUT2D eigenvalue weighted by Gasteiger charge is -2.05. The molecule has 0 radical (unpaired) electrons. The topological polar surface area (TPSA) is 86.9 Å². The molecular formula is C13H14N4O2S2. The highest BCUT2D eigenvalue weighted by Crippen LogP contribution is 2.15. The van der Waals surface area contributed by atoms with Gasteiger partial charge < -0.3 is 10.3 Å². The largest absolute Gasteiger partial charge is 0.354 e. The fraction of sp³-hybridized carbons (Fsp3) is 0.154. The van der Waals surface area contributed by atoms with Gasteiger partial charge in [-0.1, -0.05) is 18.2 Å². The third kappa shape index (κ3) is 3.23. The van der Waals surface area contributed by atoms with Gasteiger partial charge in [-0.3, -0.25) is 0 Å². The summed E-state index contributed by atoms with van der Waals surface area (Å²) in [6, 6.07) is 11.0. The van der Waals surface area contributed by atoms with Gasteiger partial charge in [0.25, 0.3) is 0 Å². The van der Waals surface area contributed by atoms with Crippen molar-refractivity contribution in [2.75, 3.05) is 18.4 Å². The number of benzene rings is 1. The number of thiophene rings is 1. The molecule has 0 atom stereocenters. The molecule has 0 amide bonds. The fourth-order valence-corrected chi connectivity index (χ4v) is 3.96. The van der Waals surface area contributed by atoms with Crippen LogP contribution in [0.2, 0.25) is 0 Å². The zero-order valence-electron chi connectivity index (χ0n) is 11.0. The van der Waals surface area contributed by atoms with E-state index < -0.39 is 10.0 Å². The highest BCUT2D eigenvalue weighted by molar-refractivity contribution is 7.91. The summed E-state index contributed by atoms with van der Waals surface area (Å²) in [6.45, 7) is 0.738. The van der Waals surface area contributed by atoms with Gasteiger partial charge in [0.15, 0.2) is 0 Å². The third-order valence-electron chi connectivity index (χ3n) is 2.86. The van der Waals surface area contributed by atoms with Crippen LogP contribution in [-0.2, 0) is 10.0 Å². The van der Waals surface area contributed by atoms with E-state index >= 15 is 0 Å². The van der Waals surface area contributed by atoms with Crippen LogP contribution in [0.1, 0.15) is 0 Å². The number of hydrogen-bond donors (Lipinski definition) is 3. The lowest BCUT2D eigenvalue weighted by atomic mass is 10.3. The van der Waals surface area contributed by atoms with Gasteiger partial charge in [0.2, 0.25) is 16.0 Å². The summed E-state index contributed by atoms with van der Waals surface area (Å²) in [7, 11) is -3.40. The SMILES string of the molecule is O=S(=O)(NCCNc1nc2ccccc2[nH]1)c1cccs1. The summed E-state index contributed by atoms with van der Waals surface area (Å²) in [6.07, 6.45) is 0. The molecule has 0 saturated heterocycles. The van der Waals surface area contributed by atoms with Crippen LogP contribution in [0.4, 0.5) is 5.95 Å². The smallest absolute Gasteiger partial charge is 0.250 e. The Morgan fingerprint density at radius 3 is 2.76 bits per heavy atom. The molecule has 8 heteroatoms. The van der Waals surface area contributed by atoms with E-state index in [0.717, 1.165) is 11.0 Å². The molecule has 6 nitrogen and oxygen atoms in total. The molecule has 1 aromatic carbocycles. The highest BCUT2D eigenvalue weighted by Gasteiger charge is 2.13. The fourth-order valence-electron chi connectivity index (χ4n) is 1.89. The Morgan fingerprint density at radius 2 is 2.00 bits per heavy atom. The van der Waals surface area contributed by atoms with Gasteiger partial charge in [0.05, 0.1) is 11.0 Å². The van der Waals surface area contributed by atoms with Crippen molar-refractivity contribution in [3.63, 3.8) is 0 Å². The summed E-state index contributed by atoms with van der Waals surface area (Å²) in [4.78, 5) is 7.48. The summed E-state index contributed by atoms with van der Waals surface area (Å²) in [5.41, 5.74) is 1.82. The van der Waals surface area contributed by atoms with E-state index in [2.05, 4.69) is 20.0 Å². The lowest BCUT2D eigenvalue weighted by Crippen LogP contribution is -2.28. The normalized spacial score (nSPS) is 11.8. The number of hydrogen-bond acceptors (Lipinski definition) is 5. The van der Waals surface area contributed by atoms with Crippen molar-refractivity contribution >= 4 is 38.3 Å². The van der Waals surface area contributed by atoms with Gasteiger partial charge in [-0.05, 0) is 23.6 Å². The Balaban J connectivity index is 1.54. The second-order valence-corrected chi connectivity index (χ2v) is 7.30. The molecule has 3 N–H and O–H groups in total. The van der Waals surface area contributed by atoms with Gasteiger partial charge >= 0.3 is 0 Å². The standard InChI is InChI=1S/C13H14N4O2S2/c18-21(19,12-6-3-9-20-12)15-8-7-14-13-16-10-4-1-2-5-11(10)17-13/h1-6,9,15H,7-8H2,(H2,14,16,17). The number of rotatable bonds is 6. The first-order valence-corrected chi connectivity index (χ1v) is 8.73. The molecule has 2 heterocycles. The molecule has 3 rings (SSSR count). The maximum absolute atomic E-state index is 11.9. The monoisotopic (exact) mass is 322 g/mol. The first-order valence-electron chi connectivity index (χ1n) is 6.37. The minimum absolute atomic E-state index is 0.289. The van der Waals surface area contributed by atoms with Crippen LogP contribution in [0.15, 0.2) is 46.0 Å². The molecule has 0 aliphatic carbocycles. The maximum atomic E-state index is 11.9. The molecule has 0 spiro atoms. The molecule has 0 saturated carbocycles. The van der Waals surface area contributed by atoms with Crippen LogP contribution < -0.4 is 10.0 Å². The molecule has 0 aliphatic heterocycles. The number of para-hydroxylation sites is 2. The predicted molar refractivity (Wildman–Crippen MR) is 84.1 cm³/mol. The van der Waals surface area contributed by atoms with E-state index in [1.54, 1.807) is 17.5 Å². The number of H-pyrrole nitrogens is 1. The number of aromatic nitrogens is 2. The van der Waals surface area contributed by atoms with Crippen molar-refractivity contribution in [2.45, 2.75) is 4.21 Å². The van der Waals surface area contributed by atoms with Crippen LogP contribution >= 0.6 is 11.3 Å². The number of aromatic amines is 1. The molecule has 21 heavy (non-hydrogen) atoms. The second-order valence-electron chi connectivity index (χ2n) is 4.36. The Morgan fingerprint density at radius 1 is 1.14 bits per heavy atom. The summed E-state index contributed by atoms with van der Waals surface area (Å²) >= 11 is 1.20. The second kappa shape index (κ2) is 5.84. The average Bonchev–Trinajstić information content (AvgIpc) is 3.12. The maximum Gasteiger partial charge on any atom is 0.250 e. The lowest BCUT2D eigenvalue weighted by molar-refractivity contribution is 0.585. The minimum Gasteiger partial charge on any atom is -0.354 e. The Kier molecular flexibility index (Phi) is 3.91.